The van der Waals surface area contributed by atoms with Crippen LogP contribution in [-0.2, 0) is 0 Å². The first-order valence-electron chi connectivity index (χ1n) is 18.9. The number of imidazole rings is 2. The van der Waals surface area contributed by atoms with Crippen LogP contribution in [0.1, 0.15) is 0 Å². The molecule has 0 atom stereocenters. The van der Waals surface area contributed by atoms with Crippen molar-refractivity contribution in [2.45, 2.75) is 0 Å². The molecule has 4 heteroatoms. The van der Waals surface area contributed by atoms with Crippen LogP contribution in [0, 0.1) is 0 Å². The third-order valence-electron chi connectivity index (χ3n) is 9.88. The van der Waals surface area contributed by atoms with Gasteiger partial charge in [-0.2, -0.15) is 0 Å². The lowest BCUT2D eigenvalue weighted by molar-refractivity contribution is 1.11. The molecule has 0 N–H and O–H groups in total. The van der Waals surface area contributed by atoms with E-state index in [4.69, 9.17) is 9.97 Å². The fourth-order valence-corrected chi connectivity index (χ4v) is 7.32. The van der Waals surface area contributed by atoms with Crippen LogP contribution >= 0.6 is 0 Å². The number of hydrogen-bond acceptors (Lipinski definition) is 2. The van der Waals surface area contributed by atoms with Gasteiger partial charge < -0.3 is 0 Å². The maximum atomic E-state index is 4.97. The number of fused-ring (bicyclic) bond motifs is 4. The van der Waals surface area contributed by atoms with Gasteiger partial charge in [0, 0.05) is 22.5 Å². The van der Waals surface area contributed by atoms with E-state index in [0.717, 1.165) is 56.2 Å². The van der Waals surface area contributed by atoms with Crippen molar-refractivity contribution in [1.82, 2.24) is 19.1 Å². The van der Waals surface area contributed by atoms with Gasteiger partial charge in [0.2, 0.25) is 0 Å². The van der Waals surface area contributed by atoms with Crippen molar-refractivity contribution in [3.05, 3.63) is 231 Å². The molecule has 9 aromatic carbocycles. The van der Waals surface area contributed by atoms with Gasteiger partial charge in [0.25, 0.3) is 0 Å². The Balaban J connectivity index is 0.000000127. The Labute approximate surface area is 326 Å². The molecule has 0 radical (unpaired) electrons. The Morgan fingerprint density at radius 3 is 1.02 bits per heavy atom. The molecule has 0 spiro atoms. The third kappa shape index (κ3) is 6.84. The Kier molecular flexibility index (Phi) is 9.66. The number of benzene rings is 9. The highest BCUT2D eigenvalue weighted by molar-refractivity contribution is 5.98. The molecule has 11 rings (SSSR count). The lowest BCUT2D eigenvalue weighted by Crippen LogP contribution is -1.97. The van der Waals surface area contributed by atoms with Crippen LogP contribution in [0.2, 0.25) is 0 Å². The second kappa shape index (κ2) is 15.8. The molecule has 266 valence electrons. The molecule has 0 bridgehead atoms. The van der Waals surface area contributed by atoms with Crippen LogP contribution in [-0.4, -0.2) is 19.1 Å². The van der Waals surface area contributed by atoms with E-state index in [-0.39, 0.29) is 0 Å². The Hall–Kier alpha value is -7.56. The largest absolute Gasteiger partial charge is 0.292 e. The van der Waals surface area contributed by atoms with E-state index < -0.39 is 0 Å². The quantitative estimate of drug-likeness (QED) is 0.182. The van der Waals surface area contributed by atoms with E-state index in [9.17, 15) is 0 Å². The van der Waals surface area contributed by atoms with Crippen molar-refractivity contribution >= 4 is 43.6 Å². The highest BCUT2D eigenvalue weighted by atomic mass is 15.1. The molecule has 0 amide bonds. The molecule has 11 aromatic rings. The van der Waals surface area contributed by atoms with Crippen LogP contribution in [0.4, 0.5) is 0 Å². The van der Waals surface area contributed by atoms with Gasteiger partial charge in [-0.25, -0.2) is 9.97 Å². The summed E-state index contributed by atoms with van der Waals surface area (Å²) in [6.07, 6.45) is 0. The normalized spacial score (nSPS) is 10.9. The molecule has 0 fully saturated rings. The maximum Gasteiger partial charge on any atom is 0.146 e. The van der Waals surface area contributed by atoms with Gasteiger partial charge in [0.05, 0.1) is 22.1 Å². The molecule has 0 aliphatic rings. The molecule has 0 saturated carbocycles. The Morgan fingerprint density at radius 1 is 0.268 bits per heavy atom. The van der Waals surface area contributed by atoms with Gasteiger partial charge in [-0.15, -0.1) is 0 Å². The molecule has 0 aliphatic carbocycles. The molecular formula is C52H38N4. The van der Waals surface area contributed by atoms with Crippen molar-refractivity contribution in [2.24, 2.45) is 0 Å². The summed E-state index contributed by atoms with van der Waals surface area (Å²) in [5, 5.41) is 4.90. The lowest BCUT2D eigenvalue weighted by atomic mass is 10.0. The topological polar surface area (TPSA) is 35.6 Å². The van der Waals surface area contributed by atoms with E-state index in [1.165, 1.54) is 21.5 Å². The van der Waals surface area contributed by atoms with Crippen LogP contribution < -0.4 is 0 Å². The van der Waals surface area contributed by atoms with Gasteiger partial charge in [-0.1, -0.05) is 182 Å². The molecule has 0 saturated heterocycles. The second-order valence-electron chi connectivity index (χ2n) is 13.4. The Morgan fingerprint density at radius 2 is 0.589 bits per heavy atom. The standard InChI is InChI=1S/2C23H16N2.C6H6/c2*1-2-11-18(12-3-1)25-22-16-7-6-15-21(22)24-23(25)20-14-8-10-17-9-4-5-13-19(17)20;1-2-4-6-5-3-1/h2*1-16H;1-6H. The van der Waals surface area contributed by atoms with Gasteiger partial charge in [-0.3, -0.25) is 9.13 Å². The second-order valence-corrected chi connectivity index (χ2v) is 13.4. The van der Waals surface area contributed by atoms with Crippen molar-refractivity contribution in [2.75, 3.05) is 0 Å². The number of rotatable bonds is 4. The predicted octanol–water partition coefficient (Wildman–Crippen LogP) is 13.4. The molecule has 2 heterocycles. The third-order valence-corrected chi connectivity index (χ3v) is 9.88. The summed E-state index contributed by atoms with van der Waals surface area (Å²) < 4.78 is 4.49. The average molecular weight is 719 g/mol. The fraction of sp³-hybridized carbons (Fsp3) is 0. The molecule has 56 heavy (non-hydrogen) atoms. The van der Waals surface area contributed by atoms with Crippen LogP contribution in [0.15, 0.2) is 231 Å². The summed E-state index contributed by atoms with van der Waals surface area (Å²) in [7, 11) is 0. The lowest BCUT2D eigenvalue weighted by Gasteiger charge is -2.11. The van der Waals surface area contributed by atoms with Crippen LogP contribution in [0.5, 0.6) is 0 Å². The minimum absolute atomic E-state index is 0.976. The monoisotopic (exact) mass is 718 g/mol. The smallest absolute Gasteiger partial charge is 0.146 e. The van der Waals surface area contributed by atoms with Gasteiger partial charge in [0.1, 0.15) is 11.6 Å². The Bertz CT molecular complexity index is 2790. The van der Waals surface area contributed by atoms with E-state index in [1.54, 1.807) is 0 Å². The van der Waals surface area contributed by atoms with Crippen molar-refractivity contribution in [3.63, 3.8) is 0 Å². The van der Waals surface area contributed by atoms with Gasteiger partial charge in [-0.05, 0) is 70.1 Å². The van der Waals surface area contributed by atoms with Crippen molar-refractivity contribution < 1.29 is 0 Å². The summed E-state index contributed by atoms with van der Waals surface area (Å²) in [5.74, 6) is 1.95. The van der Waals surface area contributed by atoms with Crippen LogP contribution in [0.3, 0.4) is 0 Å². The van der Waals surface area contributed by atoms with E-state index in [0.29, 0.717) is 0 Å². The minimum Gasteiger partial charge on any atom is -0.292 e. The fourth-order valence-electron chi connectivity index (χ4n) is 7.32. The first-order chi connectivity index (χ1) is 27.8. The molecular weight excluding hydrogens is 681 g/mol. The zero-order valence-corrected chi connectivity index (χ0v) is 30.7. The summed E-state index contributed by atoms with van der Waals surface area (Å²) >= 11 is 0. The minimum atomic E-state index is 0.976. The first kappa shape index (κ1) is 34.2. The average Bonchev–Trinajstić information content (AvgIpc) is 3.87. The van der Waals surface area contributed by atoms with Gasteiger partial charge in [0.15, 0.2) is 0 Å². The molecule has 0 unspecified atom stereocenters. The van der Waals surface area contributed by atoms with E-state index in [1.807, 2.05) is 60.7 Å². The number of hydrogen-bond donors (Lipinski definition) is 0. The van der Waals surface area contributed by atoms with Crippen molar-refractivity contribution in [3.8, 4) is 34.2 Å². The SMILES string of the molecule is c1ccc(-n2c(-c3cccc4ccccc34)nc3ccccc32)cc1.c1ccc(-n2c(-c3cccc4ccccc34)nc3ccccc32)cc1.c1ccccc1. The number of para-hydroxylation sites is 6. The summed E-state index contributed by atoms with van der Waals surface area (Å²) in [6.45, 7) is 0. The van der Waals surface area contributed by atoms with Crippen LogP contribution in [0.25, 0.3) is 77.8 Å². The highest BCUT2D eigenvalue weighted by Gasteiger charge is 2.17. The molecule has 2 aromatic heterocycles. The molecule has 0 aliphatic heterocycles. The summed E-state index contributed by atoms with van der Waals surface area (Å²) in [4.78, 5) is 9.94. The molecule has 4 nitrogen and oxygen atoms in total. The highest BCUT2D eigenvalue weighted by Crippen LogP contribution is 2.34. The number of nitrogens with zero attached hydrogens (tertiary/aromatic N) is 4. The summed E-state index contributed by atoms with van der Waals surface area (Å²) in [6, 6.07) is 79.2. The van der Waals surface area contributed by atoms with E-state index >= 15 is 0 Å². The summed E-state index contributed by atoms with van der Waals surface area (Å²) in [5.41, 5.74) is 8.81. The predicted molar refractivity (Wildman–Crippen MR) is 234 cm³/mol. The zero-order valence-electron chi connectivity index (χ0n) is 30.7. The van der Waals surface area contributed by atoms with Crippen molar-refractivity contribution in [1.29, 1.82) is 0 Å². The number of aromatic nitrogens is 4. The van der Waals surface area contributed by atoms with Gasteiger partial charge >= 0.3 is 0 Å². The van der Waals surface area contributed by atoms with E-state index in [2.05, 4.69) is 179 Å². The zero-order chi connectivity index (χ0) is 37.5. The first-order valence-corrected chi connectivity index (χ1v) is 18.9. The maximum absolute atomic E-state index is 4.97.